The first-order valence-electron chi connectivity index (χ1n) is 5.72. The fourth-order valence-electron chi connectivity index (χ4n) is 1.50. The zero-order valence-corrected chi connectivity index (χ0v) is 11.7. The lowest BCUT2D eigenvalue weighted by atomic mass is 10.1. The molecule has 0 aliphatic rings. The number of aromatic nitrogens is 2. The largest absolute Gasteiger partial charge is 0.481 e. The van der Waals surface area contributed by atoms with Gasteiger partial charge >= 0.3 is 0 Å². The van der Waals surface area contributed by atoms with Gasteiger partial charge in [0.25, 0.3) is 0 Å². The van der Waals surface area contributed by atoms with Crippen molar-refractivity contribution in [2.45, 2.75) is 6.92 Å². The zero-order valence-electron chi connectivity index (χ0n) is 10.9. The van der Waals surface area contributed by atoms with E-state index in [-0.39, 0.29) is 5.69 Å². The van der Waals surface area contributed by atoms with E-state index in [2.05, 4.69) is 21.8 Å². The fraction of sp³-hybridized carbons (Fsp3) is 0.133. The van der Waals surface area contributed by atoms with Crippen molar-refractivity contribution < 1.29 is 4.74 Å². The van der Waals surface area contributed by atoms with Gasteiger partial charge in [0.1, 0.15) is 6.07 Å². The van der Waals surface area contributed by atoms with Gasteiger partial charge in [-0.05, 0) is 18.6 Å². The summed E-state index contributed by atoms with van der Waals surface area (Å²) in [4.78, 5) is 8.03. The van der Waals surface area contributed by atoms with Crippen molar-refractivity contribution in [2.75, 3.05) is 7.11 Å². The van der Waals surface area contributed by atoms with Gasteiger partial charge in [0.2, 0.25) is 5.88 Å². The third-order valence-corrected chi connectivity index (χ3v) is 2.87. The van der Waals surface area contributed by atoms with E-state index in [0.717, 1.165) is 11.1 Å². The van der Waals surface area contributed by atoms with Gasteiger partial charge in [0.15, 0.2) is 5.69 Å². The Labute approximate surface area is 122 Å². The van der Waals surface area contributed by atoms with Crippen molar-refractivity contribution in [3.8, 4) is 23.8 Å². The minimum Gasteiger partial charge on any atom is -0.481 e. The molecule has 0 aliphatic heterocycles. The lowest BCUT2D eigenvalue weighted by molar-refractivity contribution is 0.397. The monoisotopic (exact) mass is 283 g/mol. The van der Waals surface area contributed by atoms with Crippen LogP contribution in [0.15, 0.2) is 24.5 Å². The van der Waals surface area contributed by atoms with Crippen molar-refractivity contribution >= 4 is 11.6 Å². The summed E-state index contributed by atoms with van der Waals surface area (Å²) in [5.74, 6) is 6.49. The van der Waals surface area contributed by atoms with Crippen LogP contribution in [-0.2, 0) is 0 Å². The highest BCUT2D eigenvalue weighted by Crippen LogP contribution is 2.15. The van der Waals surface area contributed by atoms with E-state index in [1.165, 1.54) is 6.20 Å². The maximum atomic E-state index is 8.75. The number of aryl methyl sites for hydroxylation is 1. The molecular formula is C15H10ClN3O. The molecule has 20 heavy (non-hydrogen) atoms. The van der Waals surface area contributed by atoms with E-state index >= 15 is 0 Å². The Bertz CT molecular complexity index is 754. The number of hydrogen-bond donors (Lipinski definition) is 0. The average Bonchev–Trinajstić information content (AvgIpc) is 2.46. The number of nitriles is 1. The summed E-state index contributed by atoms with van der Waals surface area (Å²) < 4.78 is 5.04. The van der Waals surface area contributed by atoms with E-state index < -0.39 is 0 Å². The Kier molecular flexibility index (Phi) is 4.20. The second-order valence-corrected chi connectivity index (χ2v) is 4.37. The maximum absolute atomic E-state index is 8.75. The number of methoxy groups -OCH3 is 1. The van der Waals surface area contributed by atoms with Gasteiger partial charge in [0.05, 0.1) is 12.1 Å². The van der Waals surface area contributed by atoms with E-state index in [1.807, 2.05) is 19.1 Å². The number of hydrogen-bond acceptors (Lipinski definition) is 4. The van der Waals surface area contributed by atoms with Crippen LogP contribution in [0.25, 0.3) is 0 Å². The SMILES string of the molecule is COc1cc(C)c(C#Cc2cnc(C#N)c(Cl)c2)cn1. The summed E-state index contributed by atoms with van der Waals surface area (Å²) in [6.07, 6.45) is 3.17. The Morgan fingerprint density at radius 2 is 2.00 bits per heavy atom. The summed E-state index contributed by atoms with van der Waals surface area (Å²) in [6.45, 7) is 1.93. The molecule has 0 atom stereocenters. The summed E-state index contributed by atoms with van der Waals surface area (Å²) >= 11 is 5.90. The standard InChI is InChI=1S/C15H10ClN3O/c1-10-5-15(20-2)19-9-12(10)4-3-11-6-13(16)14(7-17)18-8-11/h5-6,8-9H,1-2H3. The van der Waals surface area contributed by atoms with Crippen LogP contribution in [0.3, 0.4) is 0 Å². The van der Waals surface area contributed by atoms with Gasteiger partial charge in [-0.15, -0.1) is 0 Å². The highest BCUT2D eigenvalue weighted by atomic mass is 35.5. The van der Waals surface area contributed by atoms with Crippen LogP contribution in [-0.4, -0.2) is 17.1 Å². The van der Waals surface area contributed by atoms with Crippen LogP contribution < -0.4 is 4.74 Å². The second kappa shape index (κ2) is 6.06. The molecule has 0 bridgehead atoms. The van der Waals surface area contributed by atoms with Crippen LogP contribution in [0.1, 0.15) is 22.4 Å². The van der Waals surface area contributed by atoms with Crippen LogP contribution in [0.4, 0.5) is 0 Å². The van der Waals surface area contributed by atoms with Crippen LogP contribution in [0.5, 0.6) is 5.88 Å². The first kappa shape index (κ1) is 13.9. The topological polar surface area (TPSA) is 58.8 Å². The van der Waals surface area contributed by atoms with Gasteiger partial charge in [0, 0.05) is 29.6 Å². The van der Waals surface area contributed by atoms with Crippen molar-refractivity contribution in [3.05, 3.63) is 51.9 Å². The Morgan fingerprint density at radius 1 is 1.20 bits per heavy atom. The van der Waals surface area contributed by atoms with E-state index in [4.69, 9.17) is 21.6 Å². The molecular weight excluding hydrogens is 274 g/mol. The smallest absolute Gasteiger partial charge is 0.213 e. The lowest BCUT2D eigenvalue weighted by Crippen LogP contribution is -1.91. The molecule has 4 nitrogen and oxygen atoms in total. The molecule has 5 heteroatoms. The minimum atomic E-state index is 0.194. The molecule has 0 radical (unpaired) electrons. The molecule has 2 rings (SSSR count). The van der Waals surface area contributed by atoms with E-state index in [9.17, 15) is 0 Å². The van der Waals surface area contributed by atoms with Gasteiger partial charge in [-0.2, -0.15) is 5.26 Å². The second-order valence-electron chi connectivity index (χ2n) is 3.96. The van der Waals surface area contributed by atoms with Crippen LogP contribution >= 0.6 is 11.6 Å². The number of pyridine rings is 2. The molecule has 98 valence electrons. The molecule has 2 aromatic heterocycles. The fourth-order valence-corrected chi connectivity index (χ4v) is 1.71. The molecule has 0 spiro atoms. The third kappa shape index (κ3) is 3.06. The molecule has 0 N–H and O–H groups in total. The van der Waals surface area contributed by atoms with Gasteiger partial charge in [-0.1, -0.05) is 23.4 Å². The highest BCUT2D eigenvalue weighted by molar-refractivity contribution is 6.31. The molecule has 0 amide bonds. The van der Waals surface area contributed by atoms with Crippen molar-refractivity contribution in [1.82, 2.24) is 9.97 Å². The Balaban J connectivity index is 2.32. The summed E-state index contributed by atoms with van der Waals surface area (Å²) in [7, 11) is 1.57. The molecule has 0 fully saturated rings. The average molecular weight is 284 g/mol. The predicted octanol–water partition coefficient (Wildman–Crippen LogP) is 2.72. The number of rotatable bonds is 1. The van der Waals surface area contributed by atoms with Crippen molar-refractivity contribution in [2.24, 2.45) is 0 Å². The van der Waals surface area contributed by atoms with Gasteiger partial charge in [-0.25, -0.2) is 9.97 Å². The lowest BCUT2D eigenvalue weighted by Gasteiger charge is -2.01. The van der Waals surface area contributed by atoms with Crippen molar-refractivity contribution in [3.63, 3.8) is 0 Å². The van der Waals surface area contributed by atoms with E-state index in [1.54, 1.807) is 19.4 Å². The van der Waals surface area contributed by atoms with Crippen molar-refractivity contribution in [1.29, 1.82) is 5.26 Å². The first-order chi connectivity index (χ1) is 9.63. The minimum absolute atomic E-state index is 0.194. The first-order valence-corrected chi connectivity index (χ1v) is 6.10. The number of nitrogens with zero attached hydrogens (tertiary/aromatic N) is 3. The maximum Gasteiger partial charge on any atom is 0.213 e. The molecule has 0 aliphatic carbocycles. The van der Waals surface area contributed by atoms with E-state index in [0.29, 0.717) is 16.5 Å². The Morgan fingerprint density at radius 3 is 2.60 bits per heavy atom. The number of halogens is 1. The van der Waals surface area contributed by atoms with Gasteiger partial charge in [-0.3, -0.25) is 0 Å². The normalized spacial score (nSPS) is 9.30. The molecule has 2 heterocycles. The quantitative estimate of drug-likeness (QED) is 0.755. The van der Waals surface area contributed by atoms with Crippen LogP contribution in [0, 0.1) is 30.1 Å². The van der Waals surface area contributed by atoms with Crippen LogP contribution in [0.2, 0.25) is 5.02 Å². The number of ether oxygens (including phenoxy) is 1. The molecule has 0 aromatic carbocycles. The molecule has 0 saturated heterocycles. The zero-order chi connectivity index (χ0) is 14.5. The molecule has 0 unspecified atom stereocenters. The Hall–Kier alpha value is -2.56. The predicted molar refractivity (Wildman–Crippen MR) is 75.5 cm³/mol. The highest BCUT2D eigenvalue weighted by Gasteiger charge is 2.01. The summed E-state index contributed by atoms with van der Waals surface area (Å²) in [5.41, 5.74) is 2.60. The molecule has 0 saturated carbocycles. The third-order valence-electron chi connectivity index (χ3n) is 2.58. The summed E-state index contributed by atoms with van der Waals surface area (Å²) in [5, 5.41) is 9.05. The van der Waals surface area contributed by atoms with Gasteiger partial charge < -0.3 is 4.74 Å². The summed E-state index contributed by atoms with van der Waals surface area (Å²) in [6, 6.07) is 5.33. The molecule has 2 aromatic rings.